The van der Waals surface area contributed by atoms with Gasteiger partial charge in [0.25, 0.3) is 0 Å². The summed E-state index contributed by atoms with van der Waals surface area (Å²) in [5.74, 6) is 0. The van der Waals surface area contributed by atoms with Crippen molar-refractivity contribution in [1.29, 1.82) is 0 Å². The summed E-state index contributed by atoms with van der Waals surface area (Å²) in [7, 11) is 0. The van der Waals surface area contributed by atoms with E-state index in [1.807, 2.05) is 0 Å². The van der Waals surface area contributed by atoms with Crippen LogP contribution in [0.4, 0.5) is 0 Å². The first-order valence-corrected chi connectivity index (χ1v) is 5.75. The van der Waals surface area contributed by atoms with Crippen molar-refractivity contribution in [3.8, 4) is 0 Å². The second kappa shape index (κ2) is 6.11. The van der Waals surface area contributed by atoms with Gasteiger partial charge in [-0.3, -0.25) is 0 Å². The number of nitrogens with zero attached hydrogens (tertiary/aromatic N) is 1. The summed E-state index contributed by atoms with van der Waals surface area (Å²) in [5.41, 5.74) is 1.21. The van der Waals surface area contributed by atoms with Crippen molar-refractivity contribution in [2.24, 2.45) is 0 Å². The fraction of sp³-hybridized carbons (Fsp3) is 0.700. The van der Waals surface area contributed by atoms with E-state index in [-0.39, 0.29) is 0 Å². The molecule has 0 spiro atoms. The Balaban J connectivity index is 2.31. The van der Waals surface area contributed by atoms with Gasteiger partial charge < -0.3 is 4.74 Å². The molecule has 0 unspecified atom stereocenters. The van der Waals surface area contributed by atoms with Crippen LogP contribution in [0, 0.1) is 0 Å². The minimum atomic E-state index is 0.683. The number of ether oxygens (including phenoxy) is 1. The Morgan fingerprint density at radius 2 is 2.23 bits per heavy atom. The zero-order chi connectivity index (χ0) is 9.52. The third-order valence-corrected chi connectivity index (χ3v) is 2.55. The van der Waals surface area contributed by atoms with E-state index in [0.717, 1.165) is 24.5 Å². The van der Waals surface area contributed by atoms with E-state index in [2.05, 4.69) is 24.2 Å². The summed E-state index contributed by atoms with van der Waals surface area (Å²) in [6.07, 6.45) is 3.33. The molecule has 0 aromatic carbocycles. The molecule has 1 heterocycles. The van der Waals surface area contributed by atoms with Crippen LogP contribution < -0.4 is 0 Å². The molecule has 0 amide bonds. The first-order valence-electron chi connectivity index (χ1n) is 4.87. The van der Waals surface area contributed by atoms with Crippen LogP contribution in [0.15, 0.2) is 5.38 Å². The van der Waals surface area contributed by atoms with Gasteiger partial charge in [-0.25, -0.2) is 4.98 Å². The third-order valence-electron chi connectivity index (χ3n) is 1.68. The molecule has 0 fully saturated rings. The van der Waals surface area contributed by atoms with Crippen molar-refractivity contribution < 1.29 is 4.74 Å². The van der Waals surface area contributed by atoms with E-state index in [9.17, 15) is 0 Å². The van der Waals surface area contributed by atoms with E-state index in [1.54, 1.807) is 11.3 Å². The summed E-state index contributed by atoms with van der Waals surface area (Å²) in [5, 5.41) is 3.24. The number of aromatic nitrogens is 1. The lowest BCUT2D eigenvalue weighted by atomic mass is 10.3. The van der Waals surface area contributed by atoms with Gasteiger partial charge in [0.1, 0.15) is 5.01 Å². The average molecular weight is 199 g/mol. The highest BCUT2D eigenvalue weighted by atomic mass is 32.1. The van der Waals surface area contributed by atoms with Crippen molar-refractivity contribution in [2.75, 3.05) is 6.61 Å². The Morgan fingerprint density at radius 3 is 2.92 bits per heavy atom. The summed E-state index contributed by atoms with van der Waals surface area (Å²) >= 11 is 1.70. The molecule has 74 valence electrons. The smallest absolute Gasteiger partial charge is 0.119 e. The molecule has 0 saturated carbocycles. The maximum Gasteiger partial charge on any atom is 0.119 e. The second-order valence-corrected chi connectivity index (χ2v) is 3.98. The monoisotopic (exact) mass is 199 g/mol. The van der Waals surface area contributed by atoms with Crippen LogP contribution in [0.25, 0.3) is 0 Å². The number of aryl methyl sites for hydroxylation is 1. The largest absolute Gasteiger partial charge is 0.374 e. The van der Waals surface area contributed by atoms with Crippen molar-refractivity contribution in [3.63, 3.8) is 0 Å². The molecule has 0 aliphatic rings. The van der Waals surface area contributed by atoms with Crippen LogP contribution in [0.3, 0.4) is 0 Å². The predicted octanol–water partition coefficient (Wildman–Crippen LogP) is 3.02. The molecule has 0 N–H and O–H groups in total. The molecule has 0 aliphatic heterocycles. The fourth-order valence-electron chi connectivity index (χ4n) is 1.09. The van der Waals surface area contributed by atoms with Crippen molar-refractivity contribution in [1.82, 2.24) is 4.98 Å². The third kappa shape index (κ3) is 3.87. The number of thiazole rings is 1. The molecule has 0 aliphatic carbocycles. The highest BCUT2D eigenvalue weighted by Gasteiger charge is 2.00. The maximum atomic E-state index is 5.41. The lowest BCUT2D eigenvalue weighted by Crippen LogP contribution is -1.93. The molecule has 13 heavy (non-hydrogen) atoms. The lowest BCUT2D eigenvalue weighted by Gasteiger charge is -1.97. The van der Waals surface area contributed by atoms with Crippen LogP contribution in [0.2, 0.25) is 0 Å². The maximum absolute atomic E-state index is 5.41. The molecule has 0 saturated heterocycles. The molecule has 0 atom stereocenters. The quantitative estimate of drug-likeness (QED) is 0.657. The summed E-state index contributed by atoms with van der Waals surface area (Å²) in [6.45, 7) is 5.81. The minimum Gasteiger partial charge on any atom is -0.374 e. The number of rotatable bonds is 6. The van der Waals surface area contributed by atoms with Gasteiger partial charge in [-0.05, 0) is 12.8 Å². The van der Waals surface area contributed by atoms with Gasteiger partial charge in [0.15, 0.2) is 0 Å². The number of hydrogen-bond acceptors (Lipinski definition) is 3. The second-order valence-electron chi connectivity index (χ2n) is 3.04. The zero-order valence-corrected chi connectivity index (χ0v) is 9.19. The molecular formula is C10H17NOS. The van der Waals surface area contributed by atoms with Crippen LogP contribution in [-0.4, -0.2) is 11.6 Å². The summed E-state index contributed by atoms with van der Waals surface area (Å²) < 4.78 is 5.41. The molecular weight excluding hydrogens is 182 g/mol. The Bertz CT molecular complexity index is 235. The van der Waals surface area contributed by atoms with E-state index < -0.39 is 0 Å². The van der Waals surface area contributed by atoms with Gasteiger partial charge in [0, 0.05) is 12.0 Å². The van der Waals surface area contributed by atoms with Gasteiger partial charge in [-0.15, -0.1) is 11.3 Å². The minimum absolute atomic E-state index is 0.683. The van der Waals surface area contributed by atoms with Crippen LogP contribution in [0.1, 0.15) is 37.4 Å². The standard InChI is InChI=1S/C10H17NOS/c1-3-5-9-8-13-10(11-9)7-12-6-4-2/h8H,3-7H2,1-2H3. The van der Waals surface area contributed by atoms with Crippen LogP contribution in [0.5, 0.6) is 0 Å². The van der Waals surface area contributed by atoms with Gasteiger partial charge >= 0.3 is 0 Å². The molecule has 0 bridgehead atoms. The molecule has 1 aromatic rings. The van der Waals surface area contributed by atoms with E-state index in [1.165, 1.54) is 12.1 Å². The van der Waals surface area contributed by atoms with Crippen molar-refractivity contribution in [2.45, 2.75) is 39.7 Å². The molecule has 1 rings (SSSR count). The highest BCUT2D eigenvalue weighted by Crippen LogP contribution is 2.12. The van der Waals surface area contributed by atoms with Gasteiger partial charge in [-0.1, -0.05) is 20.3 Å². The fourth-order valence-corrected chi connectivity index (χ4v) is 1.85. The normalized spacial score (nSPS) is 10.6. The predicted molar refractivity (Wildman–Crippen MR) is 56.1 cm³/mol. The Labute approximate surface area is 84.0 Å². The lowest BCUT2D eigenvalue weighted by molar-refractivity contribution is 0.121. The molecule has 0 radical (unpaired) electrons. The highest BCUT2D eigenvalue weighted by molar-refractivity contribution is 7.09. The van der Waals surface area contributed by atoms with E-state index >= 15 is 0 Å². The van der Waals surface area contributed by atoms with Crippen molar-refractivity contribution >= 4 is 11.3 Å². The van der Waals surface area contributed by atoms with Gasteiger partial charge in [-0.2, -0.15) is 0 Å². The Morgan fingerprint density at radius 1 is 1.38 bits per heavy atom. The average Bonchev–Trinajstić information content (AvgIpc) is 2.54. The first kappa shape index (κ1) is 10.7. The molecule has 3 heteroatoms. The van der Waals surface area contributed by atoms with Crippen molar-refractivity contribution in [3.05, 3.63) is 16.1 Å². The SMILES string of the molecule is CCCOCc1nc(CCC)cs1. The molecule has 2 nitrogen and oxygen atoms in total. The number of hydrogen-bond donors (Lipinski definition) is 0. The Kier molecular flexibility index (Phi) is 5.01. The molecule has 1 aromatic heterocycles. The summed E-state index contributed by atoms with van der Waals surface area (Å²) in [4.78, 5) is 4.47. The van der Waals surface area contributed by atoms with Gasteiger partial charge in [0.05, 0.1) is 12.3 Å². The van der Waals surface area contributed by atoms with Crippen LogP contribution in [-0.2, 0) is 17.8 Å². The first-order chi connectivity index (χ1) is 6.36. The zero-order valence-electron chi connectivity index (χ0n) is 8.38. The Hall–Kier alpha value is -0.410. The van der Waals surface area contributed by atoms with Gasteiger partial charge in [0.2, 0.25) is 0 Å². The van der Waals surface area contributed by atoms with E-state index in [0.29, 0.717) is 6.61 Å². The summed E-state index contributed by atoms with van der Waals surface area (Å²) in [6, 6.07) is 0. The van der Waals surface area contributed by atoms with Crippen LogP contribution >= 0.6 is 11.3 Å². The topological polar surface area (TPSA) is 22.1 Å². The van der Waals surface area contributed by atoms with E-state index in [4.69, 9.17) is 4.74 Å².